The molecule has 3 heteroatoms. The van der Waals surface area contributed by atoms with Crippen LogP contribution in [0.3, 0.4) is 0 Å². The van der Waals surface area contributed by atoms with Crippen LogP contribution >= 0.6 is 0 Å². The van der Waals surface area contributed by atoms with E-state index in [9.17, 15) is 4.79 Å². The molecule has 1 aliphatic heterocycles. The largest absolute Gasteiger partial charge is 0.352 e. The third-order valence-corrected chi connectivity index (χ3v) is 3.59. The molecule has 16 heavy (non-hydrogen) atoms. The molecule has 0 bridgehead atoms. The van der Waals surface area contributed by atoms with Crippen LogP contribution in [-0.4, -0.2) is 25.0 Å². The van der Waals surface area contributed by atoms with Gasteiger partial charge in [-0.1, -0.05) is 13.8 Å². The normalized spacial score (nSPS) is 26.1. The third-order valence-electron chi connectivity index (χ3n) is 3.59. The van der Waals surface area contributed by atoms with Gasteiger partial charge in [-0.05, 0) is 25.8 Å². The van der Waals surface area contributed by atoms with Gasteiger partial charge < -0.3 is 10.6 Å². The topological polar surface area (TPSA) is 41.1 Å². The van der Waals surface area contributed by atoms with E-state index < -0.39 is 0 Å². The lowest BCUT2D eigenvalue weighted by Crippen LogP contribution is -2.46. The molecule has 90 valence electrons. The van der Waals surface area contributed by atoms with Crippen LogP contribution in [-0.2, 0) is 4.79 Å². The second-order valence-electron chi connectivity index (χ2n) is 4.55. The van der Waals surface area contributed by atoms with Crippen molar-refractivity contribution in [3.63, 3.8) is 0 Å². The number of nitrogens with one attached hydrogen (secondary N) is 2. The molecule has 0 aromatic heterocycles. The van der Waals surface area contributed by atoms with E-state index in [0.717, 1.165) is 32.4 Å². The summed E-state index contributed by atoms with van der Waals surface area (Å²) < 4.78 is 0. The number of hydrogen-bond acceptors (Lipinski definition) is 2. The van der Waals surface area contributed by atoms with E-state index in [4.69, 9.17) is 6.42 Å². The van der Waals surface area contributed by atoms with Crippen molar-refractivity contribution in [2.45, 2.75) is 45.6 Å². The summed E-state index contributed by atoms with van der Waals surface area (Å²) in [7, 11) is 0. The molecule has 0 aliphatic carbocycles. The Balaban J connectivity index is 2.59. The van der Waals surface area contributed by atoms with E-state index in [1.54, 1.807) is 0 Å². The molecule has 0 aromatic rings. The average Bonchev–Trinajstić information content (AvgIpc) is 2.78. The molecule has 1 saturated heterocycles. The molecule has 0 radical (unpaired) electrons. The van der Waals surface area contributed by atoms with Gasteiger partial charge in [-0.15, -0.1) is 12.3 Å². The quantitative estimate of drug-likeness (QED) is 0.688. The molecule has 1 amide bonds. The Kier molecular flexibility index (Phi) is 4.82. The molecule has 2 atom stereocenters. The van der Waals surface area contributed by atoms with Gasteiger partial charge in [0.1, 0.15) is 0 Å². The first-order valence-corrected chi connectivity index (χ1v) is 6.13. The second-order valence-corrected chi connectivity index (χ2v) is 4.55. The first-order chi connectivity index (χ1) is 7.68. The third kappa shape index (κ3) is 2.76. The van der Waals surface area contributed by atoms with Crippen LogP contribution in [0.4, 0.5) is 0 Å². The summed E-state index contributed by atoms with van der Waals surface area (Å²) in [5, 5.41) is 6.35. The fraction of sp³-hybridized carbons (Fsp3) is 0.769. The van der Waals surface area contributed by atoms with Crippen LogP contribution in [0.1, 0.15) is 39.5 Å². The Hall–Kier alpha value is -1.01. The van der Waals surface area contributed by atoms with Crippen LogP contribution in [0.2, 0.25) is 0 Å². The van der Waals surface area contributed by atoms with E-state index in [1.165, 1.54) is 0 Å². The Labute approximate surface area is 98.4 Å². The number of terminal acetylenes is 1. The first-order valence-electron chi connectivity index (χ1n) is 6.13. The summed E-state index contributed by atoms with van der Waals surface area (Å²) in [6.45, 7) is 5.86. The van der Waals surface area contributed by atoms with Gasteiger partial charge in [0.15, 0.2) is 0 Å². The number of carbonyl (C=O) groups excluding carboxylic acids is 1. The lowest BCUT2D eigenvalue weighted by atomic mass is 9.83. The minimum Gasteiger partial charge on any atom is -0.352 e. The van der Waals surface area contributed by atoms with E-state index in [2.05, 4.69) is 23.5 Å². The summed E-state index contributed by atoms with van der Waals surface area (Å²) in [6, 6.07) is 0.126. The van der Waals surface area contributed by atoms with Crippen LogP contribution in [0.25, 0.3) is 0 Å². The van der Waals surface area contributed by atoms with Crippen molar-refractivity contribution in [1.82, 2.24) is 10.6 Å². The Morgan fingerprint density at radius 3 is 2.81 bits per heavy atom. The van der Waals surface area contributed by atoms with Crippen LogP contribution in [0, 0.1) is 17.8 Å². The van der Waals surface area contributed by atoms with Gasteiger partial charge in [0.05, 0.1) is 5.41 Å². The highest BCUT2D eigenvalue weighted by Crippen LogP contribution is 2.29. The second kappa shape index (κ2) is 5.91. The van der Waals surface area contributed by atoms with Crippen molar-refractivity contribution < 1.29 is 4.79 Å². The monoisotopic (exact) mass is 222 g/mol. The van der Waals surface area contributed by atoms with Gasteiger partial charge in [0.25, 0.3) is 0 Å². The van der Waals surface area contributed by atoms with Crippen molar-refractivity contribution in [3.05, 3.63) is 0 Å². The zero-order valence-electron chi connectivity index (χ0n) is 10.3. The predicted octanol–water partition coefficient (Wildman–Crippen LogP) is 1.29. The fourth-order valence-electron chi connectivity index (χ4n) is 2.18. The van der Waals surface area contributed by atoms with Crippen molar-refractivity contribution in [1.29, 1.82) is 0 Å². The minimum atomic E-state index is -0.206. The van der Waals surface area contributed by atoms with Crippen molar-refractivity contribution >= 4 is 5.91 Å². The summed E-state index contributed by atoms with van der Waals surface area (Å²) >= 11 is 0. The Morgan fingerprint density at radius 1 is 1.62 bits per heavy atom. The molecule has 1 aliphatic rings. The van der Waals surface area contributed by atoms with Gasteiger partial charge in [-0.25, -0.2) is 0 Å². The number of hydrogen-bond donors (Lipinski definition) is 2. The zero-order valence-corrected chi connectivity index (χ0v) is 10.3. The van der Waals surface area contributed by atoms with Crippen molar-refractivity contribution in [2.75, 3.05) is 13.1 Å². The standard InChI is InChI=1S/C13H22N2O/c1-4-7-11(5-2)15-12(16)13(6-3)8-9-14-10-13/h1,11,14H,5-10H2,2-3H3,(H,15,16). The predicted molar refractivity (Wildman–Crippen MR) is 65.9 cm³/mol. The number of amides is 1. The highest BCUT2D eigenvalue weighted by molar-refractivity contribution is 5.83. The Morgan fingerprint density at radius 2 is 2.38 bits per heavy atom. The number of rotatable bonds is 5. The average molecular weight is 222 g/mol. The fourth-order valence-corrected chi connectivity index (χ4v) is 2.18. The Bertz CT molecular complexity index is 274. The minimum absolute atomic E-state index is 0.126. The van der Waals surface area contributed by atoms with Crippen LogP contribution < -0.4 is 10.6 Å². The molecule has 1 fully saturated rings. The van der Waals surface area contributed by atoms with Crippen molar-refractivity contribution in [3.8, 4) is 12.3 Å². The highest BCUT2D eigenvalue weighted by atomic mass is 16.2. The SMILES string of the molecule is C#CCC(CC)NC(=O)C1(CC)CCNC1. The van der Waals surface area contributed by atoms with Gasteiger partial charge in [-0.2, -0.15) is 0 Å². The maximum Gasteiger partial charge on any atom is 0.227 e. The molecule has 0 spiro atoms. The molecule has 2 unspecified atom stereocenters. The van der Waals surface area contributed by atoms with E-state index >= 15 is 0 Å². The molecule has 1 heterocycles. The lowest BCUT2D eigenvalue weighted by Gasteiger charge is -2.27. The van der Waals surface area contributed by atoms with Gasteiger partial charge >= 0.3 is 0 Å². The van der Waals surface area contributed by atoms with Crippen LogP contribution in [0.15, 0.2) is 0 Å². The van der Waals surface area contributed by atoms with Gasteiger partial charge in [0, 0.05) is 19.0 Å². The van der Waals surface area contributed by atoms with Crippen molar-refractivity contribution in [2.24, 2.45) is 5.41 Å². The van der Waals surface area contributed by atoms with Gasteiger partial charge in [0.2, 0.25) is 5.91 Å². The van der Waals surface area contributed by atoms with E-state index in [-0.39, 0.29) is 17.4 Å². The molecular weight excluding hydrogens is 200 g/mol. The summed E-state index contributed by atoms with van der Waals surface area (Å²) in [5.74, 6) is 2.78. The summed E-state index contributed by atoms with van der Waals surface area (Å²) in [6.07, 6.45) is 8.62. The molecule has 2 N–H and O–H groups in total. The smallest absolute Gasteiger partial charge is 0.227 e. The van der Waals surface area contributed by atoms with Gasteiger partial charge in [-0.3, -0.25) is 4.79 Å². The molecule has 1 rings (SSSR count). The molecular formula is C13H22N2O. The number of carbonyl (C=O) groups is 1. The maximum atomic E-state index is 12.2. The zero-order chi connectivity index (χ0) is 12.0. The van der Waals surface area contributed by atoms with E-state index in [0.29, 0.717) is 6.42 Å². The lowest BCUT2D eigenvalue weighted by molar-refractivity contribution is -0.131. The molecule has 0 aromatic carbocycles. The summed E-state index contributed by atoms with van der Waals surface area (Å²) in [5.41, 5.74) is -0.206. The maximum absolute atomic E-state index is 12.2. The van der Waals surface area contributed by atoms with E-state index in [1.807, 2.05) is 6.92 Å². The first kappa shape index (κ1) is 13.1. The molecule has 3 nitrogen and oxygen atoms in total. The molecule has 0 saturated carbocycles. The van der Waals surface area contributed by atoms with Crippen LogP contribution in [0.5, 0.6) is 0 Å². The highest BCUT2D eigenvalue weighted by Gasteiger charge is 2.39. The summed E-state index contributed by atoms with van der Waals surface area (Å²) in [4.78, 5) is 12.2.